The summed E-state index contributed by atoms with van der Waals surface area (Å²) in [6.07, 6.45) is 6.51. The number of rotatable bonds is 7. The van der Waals surface area contributed by atoms with Gasteiger partial charge in [0.2, 0.25) is 5.91 Å². The quantitative estimate of drug-likeness (QED) is 0.560. The Morgan fingerprint density at radius 2 is 1.88 bits per heavy atom. The molecule has 0 unspecified atom stereocenters. The molecule has 0 atom stereocenters. The van der Waals surface area contributed by atoms with Crippen molar-refractivity contribution in [3.63, 3.8) is 0 Å². The third kappa shape index (κ3) is 4.25. The normalized spacial score (nSPS) is 13.5. The van der Waals surface area contributed by atoms with Gasteiger partial charge in [-0.1, -0.05) is 0 Å². The van der Waals surface area contributed by atoms with Crippen LogP contribution in [0.1, 0.15) is 23.9 Å². The third-order valence-electron chi connectivity index (χ3n) is 5.37. The summed E-state index contributed by atoms with van der Waals surface area (Å²) in [5, 5.41) is 4.28. The topological polar surface area (TPSA) is 76.4 Å². The summed E-state index contributed by atoms with van der Waals surface area (Å²) in [4.78, 5) is 24.8. The van der Waals surface area contributed by atoms with Gasteiger partial charge in [-0.3, -0.25) is 9.48 Å². The lowest BCUT2D eigenvalue weighted by Gasteiger charge is -2.33. The van der Waals surface area contributed by atoms with Gasteiger partial charge in [-0.2, -0.15) is 5.10 Å². The molecule has 168 valence electrons. The number of nitrogens with zero attached hydrogens (tertiary/aromatic N) is 6. The van der Waals surface area contributed by atoms with E-state index in [2.05, 4.69) is 15.1 Å². The van der Waals surface area contributed by atoms with Gasteiger partial charge in [0.25, 0.3) is 0 Å². The fraction of sp³-hybridized carbons (Fsp3) is 0.364. The van der Waals surface area contributed by atoms with Crippen molar-refractivity contribution in [3.05, 3.63) is 59.3 Å². The minimum Gasteiger partial charge on any atom is -0.491 e. The first-order chi connectivity index (χ1) is 15.4. The van der Waals surface area contributed by atoms with Crippen LogP contribution in [0.2, 0.25) is 0 Å². The largest absolute Gasteiger partial charge is 0.491 e. The maximum atomic E-state index is 13.9. The molecule has 8 nitrogen and oxygen atoms in total. The average molecular weight is 442 g/mol. The molecule has 2 aromatic heterocycles. The lowest BCUT2D eigenvalue weighted by Crippen LogP contribution is -2.44. The first-order valence-corrected chi connectivity index (χ1v) is 10.3. The third-order valence-corrected chi connectivity index (χ3v) is 5.37. The molecule has 32 heavy (non-hydrogen) atoms. The Morgan fingerprint density at radius 3 is 2.56 bits per heavy atom. The highest BCUT2D eigenvalue weighted by Gasteiger charge is 2.28. The standard InChI is InChI=1S/C22H24F2N6O2/c1-4-30-18-10-25-19(27-22(18)28(2)13-20(30)31)6-5-14-9-26-29(11-14)12-15-7-16(23)21(32-3)17(24)8-15/h7-11H,4-6,12-13H2,1-3H3. The Bertz CT molecular complexity index is 1130. The highest BCUT2D eigenvalue weighted by Crippen LogP contribution is 2.30. The molecule has 0 saturated carbocycles. The van der Waals surface area contributed by atoms with Gasteiger partial charge in [-0.15, -0.1) is 0 Å². The summed E-state index contributed by atoms with van der Waals surface area (Å²) >= 11 is 0. The number of carbonyl (C=O) groups excluding carboxylic acids is 1. The van der Waals surface area contributed by atoms with Gasteiger partial charge in [-0.25, -0.2) is 18.7 Å². The summed E-state index contributed by atoms with van der Waals surface area (Å²) in [7, 11) is 3.07. The Labute approximate surface area is 184 Å². The van der Waals surface area contributed by atoms with Gasteiger partial charge in [-0.05, 0) is 36.6 Å². The van der Waals surface area contributed by atoms with Crippen molar-refractivity contribution in [2.24, 2.45) is 0 Å². The number of halogens is 2. The number of benzene rings is 1. The summed E-state index contributed by atoms with van der Waals surface area (Å²) in [5.74, 6) is -0.427. The van der Waals surface area contributed by atoms with Crippen LogP contribution in [0.3, 0.4) is 0 Å². The van der Waals surface area contributed by atoms with E-state index in [0.29, 0.717) is 30.8 Å². The number of likely N-dealkylation sites (N-methyl/N-ethyl adjacent to an activating group) is 2. The number of hydrogen-bond acceptors (Lipinski definition) is 6. The molecule has 1 aromatic carbocycles. The number of carbonyl (C=O) groups is 1. The van der Waals surface area contributed by atoms with Crippen molar-refractivity contribution in [3.8, 4) is 5.75 Å². The van der Waals surface area contributed by atoms with E-state index >= 15 is 0 Å². The van der Waals surface area contributed by atoms with Crippen LogP contribution in [0, 0.1) is 11.6 Å². The minimum absolute atomic E-state index is 0.0305. The van der Waals surface area contributed by atoms with Gasteiger partial charge in [0, 0.05) is 26.2 Å². The van der Waals surface area contributed by atoms with Crippen LogP contribution in [0.4, 0.5) is 20.3 Å². The van der Waals surface area contributed by atoms with Crippen molar-refractivity contribution in [2.45, 2.75) is 26.3 Å². The molecule has 0 saturated heterocycles. The van der Waals surface area contributed by atoms with Crippen molar-refractivity contribution >= 4 is 17.4 Å². The zero-order chi connectivity index (χ0) is 22.8. The van der Waals surface area contributed by atoms with Crippen LogP contribution in [0.15, 0.2) is 30.7 Å². The predicted molar refractivity (Wildman–Crippen MR) is 115 cm³/mol. The number of aryl methyl sites for hydroxylation is 2. The fourth-order valence-electron chi connectivity index (χ4n) is 3.80. The molecular weight excluding hydrogens is 418 g/mol. The number of methoxy groups -OCH3 is 1. The van der Waals surface area contributed by atoms with Gasteiger partial charge in [0.05, 0.1) is 32.6 Å². The molecular formula is C22H24F2N6O2. The van der Waals surface area contributed by atoms with Crippen LogP contribution in [0.25, 0.3) is 0 Å². The predicted octanol–water partition coefficient (Wildman–Crippen LogP) is 2.60. The van der Waals surface area contributed by atoms with E-state index in [1.54, 1.807) is 22.0 Å². The highest BCUT2D eigenvalue weighted by molar-refractivity contribution is 6.01. The molecule has 1 aliphatic rings. The molecule has 0 aliphatic carbocycles. The van der Waals surface area contributed by atoms with Crippen LogP contribution < -0.4 is 14.5 Å². The van der Waals surface area contributed by atoms with E-state index in [-0.39, 0.29) is 19.0 Å². The van der Waals surface area contributed by atoms with Gasteiger partial charge < -0.3 is 14.5 Å². The Hall–Kier alpha value is -3.56. The molecule has 0 N–H and O–H groups in total. The van der Waals surface area contributed by atoms with Gasteiger partial charge in [0.1, 0.15) is 11.5 Å². The second-order valence-electron chi connectivity index (χ2n) is 7.63. The SMILES string of the molecule is CCN1C(=O)CN(C)c2nc(CCc3cnn(Cc4cc(F)c(OC)c(F)c4)c3)ncc21. The first-order valence-electron chi connectivity index (χ1n) is 10.3. The maximum Gasteiger partial charge on any atom is 0.246 e. The van der Waals surface area contributed by atoms with Crippen molar-refractivity contribution in [1.82, 2.24) is 19.7 Å². The zero-order valence-electron chi connectivity index (χ0n) is 18.2. The molecule has 0 spiro atoms. The Balaban J connectivity index is 1.43. The Kier molecular flexibility index (Phi) is 6.02. The number of anilines is 2. The first kappa shape index (κ1) is 21.7. The Morgan fingerprint density at radius 1 is 1.12 bits per heavy atom. The van der Waals surface area contributed by atoms with Gasteiger partial charge >= 0.3 is 0 Å². The molecule has 3 aromatic rings. The smallest absolute Gasteiger partial charge is 0.246 e. The second-order valence-corrected chi connectivity index (χ2v) is 7.63. The van der Waals surface area contributed by atoms with E-state index in [1.807, 2.05) is 25.1 Å². The van der Waals surface area contributed by atoms with Crippen LogP contribution in [-0.4, -0.2) is 52.9 Å². The highest BCUT2D eigenvalue weighted by atomic mass is 19.1. The second kappa shape index (κ2) is 8.89. The number of amides is 1. The zero-order valence-corrected chi connectivity index (χ0v) is 18.2. The molecule has 4 rings (SSSR count). The molecule has 10 heteroatoms. The number of fused-ring (bicyclic) bond motifs is 1. The summed E-state index contributed by atoms with van der Waals surface area (Å²) in [5.41, 5.74) is 2.13. The van der Waals surface area contributed by atoms with E-state index in [1.165, 1.54) is 19.2 Å². The van der Waals surface area contributed by atoms with Gasteiger partial charge in [0.15, 0.2) is 23.2 Å². The lowest BCUT2D eigenvalue weighted by atomic mass is 10.2. The van der Waals surface area contributed by atoms with Crippen LogP contribution in [0.5, 0.6) is 5.75 Å². The molecule has 3 heterocycles. The van der Waals surface area contributed by atoms with E-state index in [4.69, 9.17) is 4.74 Å². The van der Waals surface area contributed by atoms with Crippen LogP contribution >= 0.6 is 0 Å². The van der Waals surface area contributed by atoms with E-state index < -0.39 is 17.4 Å². The molecule has 0 bridgehead atoms. The van der Waals surface area contributed by atoms with E-state index in [0.717, 1.165) is 17.1 Å². The fourth-order valence-corrected chi connectivity index (χ4v) is 3.80. The van der Waals surface area contributed by atoms with Crippen molar-refractivity contribution in [1.29, 1.82) is 0 Å². The molecule has 0 radical (unpaired) electrons. The summed E-state index contributed by atoms with van der Waals surface area (Å²) in [6, 6.07) is 2.48. The number of ether oxygens (including phenoxy) is 1. The monoisotopic (exact) mass is 442 g/mol. The molecule has 0 fully saturated rings. The summed E-state index contributed by atoms with van der Waals surface area (Å²) in [6.45, 7) is 3.02. The molecule has 1 aliphatic heterocycles. The molecule has 1 amide bonds. The van der Waals surface area contributed by atoms with Crippen LogP contribution in [-0.2, 0) is 24.2 Å². The van der Waals surface area contributed by atoms with E-state index in [9.17, 15) is 13.6 Å². The summed E-state index contributed by atoms with van der Waals surface area (Å²) < 4.78 is 34.2. The van der Waals surface area contributed by atoms with Crippen molar-refractivity contribution in [2.75, 3.05) is 37.0 Å². The minimum atomic E-state index is -0.743. The average Bonchev–Trinajstić information content (AvgIpc) is 3.20. The number of aromatic nitrogens is 4. The number of hydrogen-bond donors (Lipinski definition) is 0. The maximum absolute atomic E-state index is 13.9. The lowest BCUT2D eigenvalue weighted by molar-refractivity contribution is -0.117. The van der Waals surface area contributed by atoms with Crippen molar-refractivity contribution < 1.29 is 18.3 Å².